The highest BCUT2D eigenvalue weighted by Crippen LogP contribution is 2.33. The van der Waals surface area contributed by atoms with Gasteiger partial charge in [-0.3, -0.25) is 4.68 Å². The van der Waals surface area contributed by atoms with Crippen molar-refractivity contribution in [3.63, 3.8) is 0 Å². The molecule has 0 aliphatic carbocycles. The van der Waals surface area contributed by atoms with Gasteiger partial charge < -0.3 is 5.11 Å². The first-order valence-electron chi connectivity index (χ1n) is 4.81. The van der Waals surface area contributed by atoms with Crippen molar-refractivity contribution in [1.29, 1.82) is 0 Å². The number of aromatic nitrogens is 2. The number of hydrogen-bond acceptors (Lipinski definition) is 2. The summed E-state index contributed by atoms with van der Waals surface area (Å²) < 4.78 is 2.39. The van der Waals surface area contributed by atoms with Crippen molar-refractivity contribution in [3.05, 3.63) is 50.2 Å². The lowest BCUT2D eigenvalue weighted by Crippen LogP contribution is -2.07. The summed E-state index contributed by atoms with van der Waals surface area (Å²) in [6.45, 7) is 0. The molecule has 2 rings (SSSR count). The summed E-state index contributed by atoms with van der Waals surface area (Å²) in [6, 6.07) is 5.29. The number of aliphatic hydroxyl groups is 1. The van der Waals surface area contributed by atoms with Crippen molar-refractivity contribution in [2.75, 3.05) is 0 Å². The molecule has 3 nitrogen and oxygen atoms in total. The largest absolute Gasteiger partial charge is 0.382 e. The lowest BCUT2D eigenvalue weighted by molar-refractivity contribution is 0.210. The second kappa shape index (κ2) is 4.98. The van der Waals surface area contributed by atoms with Crippen molar-refractivity contribution in [1.82, 2.24) is 9.78 Å². The maximum Gasteiger partial charge on any atom is 0.124 e. The van der Waals surface area contributed by atoms with Crippen LogP contribution in [0.1, 0.15) is 17.4 Å². The molecule has 17 heavy (non-hydrogen) atoms. The van der Waals surface area contributed by atoms with Crippen molar-refractivity contribution in [2.45, 2.75) is 6.10 Å². The van der Waals surface area contributed by atoms with Crippen LogP contribution in [0.3, 0.4) is 0 Å². The molecular formula is C11H9BrCl2N2O. The van der Waals surface area contributed by atoms with Gasteiger partial charge in [-0.25, -0.2) is 0 Å². The average Bonchev–Trinajstić information content (AvgIpc) is 2.58. The van der Waals surface area contributed by atoms with Gasteiger partial charge in [0.05, 0.1) is 16.9 Å². The minimum absolute atomic E-state index is 0.416. The monoisotopic (exact) mass is 334 g/mol. The highest BCUT2D eigenvalue weighted by molar-refractivity contribution is 9.10. The van der Waals surface area contributed by atoms with Gasteiger partial charge in [0, 0.05) is 22.1 Å². The van der Waals surface area contributed by atoms with Crippen molar-refractivity contribution in [2.24, 2.45) is 7.05 Å². The number of nitrogens with zero attached hydrogens (tertiary/aromatic N) is 2. The minimum atomic E-state index is -0.893. The number of hydrogen-bond donors (Lipinski definition) is 1. The van der Waals surface area contributed by atoms with Crippen LogP contribution in [0.25, 0.3) is 0 Å². The van der Waals surface area contributed by atoms with E-state index < -0.39 is 6.10 Å². The van der Waals surface area contributed by atoms with Crippen LogP contribution in [0.2, 0.25) is 10.0 Å². The van der Waals surface area contributed by atoms with Crippen LogP contribution in [-0.4, -0.2) is 14.9 Å². The molecule has 0 saturated carbocycles. The Bertz CT molecular complexity index is 537. The normalized spacial score (nSPS) is 12.8. The number of aryl methyl sites for hydroxylation is 1. The zero-order valence-corrected chi connectivity index (χ0v) is 12.0. The van der Waals surface area contributed by atoms with Crippen LogP contribution in [0, 0.1) is 0 Å². The van der Waals surface area contributed by atoms with E-state index in [-0.39, 0.29) is 0 Å². The van der Waals surface area contributed by atoms with Gasteiger partial charge in [0.25, 0.3) is 0 Å². The molecule has 0 aliphatic rings. The fourth-order valence-corrected chi connectivity index (χ4v) is 2.64. The number of rotatable bonds is 2. The Morgan fingerprint density at radius 1 is 1.35 bits per heavy atom. The summed E-state index contributed by atoms with van der Waals surface area (Å²) in [5, 5.41) is 15.1. The average molecular weight is 336 g/mol. The Labute approximate surface area is 117 Å². The maximum atomic E-state index is 10.3. The molecule has 0 radical (unpaired) electrons. The van der Waals surface area contributed by atoms with Crippen LogP contribution in [0.15, 0.2) is 28.9 Å². The van der Waals surface area contributed by atoms with Crippen LogP contribution in [0.4, 0.5) is 0 Å². The van der Waals surface area contributed by atoms with E-state index in [4.69, 9.17) is 23.2 Å². The summed E-state index contributed by atoms with van der Waals surface area (Å²) in [6.07, 6.45) is 0.600. The summed E-state index contributed by atoms with van der Waals surface area (Å²) in [4.78, 5) is 0. The molecule has 1 aromatic heterocycles. The molecule has 0 bridgehead atoms. The first kappa shape index (κ1) is 12.9. The number of halogens is 3. The van der Waals surface area contributed by atoms with Crippen LogP contribution < -0.4 is 0 Å². The molecule has 1 aromatic carbocycles. The fraction of sp³-hybridized carbons (Fsp3) is 0.182. The first-order chi connectivity index (χ1) is 8.00. The smallest absolute Gasteiger partial charge is 0.124 e. The van der Waals surface area contributed by atoms with E-state index in [0.717, 1.165) is 4.47 Å². The van der Waals surface area contributed by atoms with E-state index in [1.165, 1.54) is 10.9 Å². The lowest BCUT2D eigenvalue weighted by Gasteiger charge is -2.14. The Balaban J connectivity index is 2.47. The zero-order valence-electron chi connectivity index (χ0n) is 8.86. The second-order valence-corrected chi connectivity index (χ2v) is 5.30. The molecular weight excluding hydrogens is 327 g/mol. The van der Waals surface area contributed by atoms with Crippen molar-refractivity contribution >= 4 is 39.1 Å². The van der Waals surface area contributed by atoms with E-state index in [1.54, 1.807) is 19.2 Å². The molecule has 90 valence electrons. The Hall–Kier alpha value is -0.550. The number of benzene rings is 1. The zero-order chi connectivity index (χ0) is 12.6. The summed E-state index contributed by atoms with van der Waals surface area (Å²) in [7, 11) is 1.72. The van der Waals surface area contributed by atoms with E-state index in [2.05, 4.69) is 21.0 Å². The molecule has 1 heterocycles. The summed E-state index contributed by atoms with van der Waals surface area (Å²) in [5.74, 6) is 0. The minimum Gasteiger partial charge on any atom is -0.382 e. The molecule has 0 aliphatic heterocycles. The van der Waals surface area contributed by atoms with Crippen LogP contribution in [-0.2, 0) is 7.05 Å². The van der Waals surface area contributed by atoms with Gasteiger partial charge in [0.2, 0.25) is 0 Å². The third kappa shape index (κ3) is 2.50. The van der Waals surface area contributed by atoms with E-state index in [9.17, 15) is 5.11 Å². The van der Waals surface area contributed by atoms with E-state index in [1.807, 2.05) is 6.07 Å². The molecule has 1 unspecified atom stereocenters. The Morgan fingerprint density at radius 2 is 2.06 bits per heavy atom. The fourth-order valence-electron chi connectivity index (χ4n) is 1.60. The second-order valence-electron chi connectivity index (χ2n) is 3.57. The van der Waals surface area contributed by atoms with E-state index >= 15 is 0 Å². The van der Waals surface area contributed by atoms with Gasteiger partial charge in [-0.05, 0) is 12.1 Å². The molecule has 0 spiro atoms. The number of aliphatic hydroxyl groups excluding tert-OH is 1. The highest BCUT2D eigenvalue weighted by Gasteiger charge is 2.20. The Kier molecular flexibility index (Phi) is 3.78. The van der Waals surface area contributed by atoms with E-state index in [0.29, 0.717) is 21.3 Å². The van der Waals surface area contributed by atoms with Crippen molar-refractivity contribution in [3.8, 4) is 0 Å². The van der Waals surface area contributed by atoms with Gasteiger partial charge in [0.15, 0.2) is 0 Å². The molecule has 0 amide bonds. The van der Waals surface area contributed by atoms with Gasteiger partial charge >= 0.3 is 0 Å². The Morgan fingerprint density at radius 3 is 2.59 bits per heavy atom. The molecule has 6 heteroatoms. The quantitative estimate of drug-likeness (QED) is 0.911. The summed E-state index contributed by atoms with van der Waals surface area (Å²) >= 11 is 15.4. The molecule has 1 N–H and O–H groups in total. The lowest BCUT2D eigenvalue weighted by atomic mass is 10.1. The van der Waals surface area contributed by atoms with Crippen LogP contribution in [0.5, 0.6) is 0 Å². The third-order valence-corrected chi connectivity index (χ3v) is 3.57. The van der Waals surface area contributed by atoms with Crippen molar-refractivity contribution < 1.29 is 5.11 Å². The van der Waals surface area contributed by atoms with Gasteiger partial charge in [-0.1, -0.05) is 45.2 Å². The maximum absolute atomic E-state index is 10.3. The summed E-state index contributed by atoms with van der Waals surface area (Å²) in [5.41, 5.74) is 1.12. The standard InChI is InChI=1S/C11H9BrCl2N2O/c1-16-10(9(14)5-15-16)11(17)7-3-2-6(12)4-8(7)13/h2-5,11,17H,1H3. The molecule has 1 atom stereocenters. The van der Waals surface area contributed by atoms with Crippen LogP contribution >= 0.6 is 39.1 Å². The molecule has 0 fully saturated rings. The first-order valence-corrected chi connectivity index (χ1v) is 6.36. The third-order valence-electron chi connectivity index (χ3n) is 2.45. The van der Waals surface area contributed by atoms with Gasteiger partial charge in [0.1, 0.15) is 6.10 Å². The predicted octanol–water partition coefficient (Wildman–Crippen LogP) is 3.57. The SMILES string of the molecule is Cn1ncc(Cl)c1C(O)c1ccc(Br)cc1Cl. The van der Waals surface area contributed by atoms with Gasteiger partial charge in [-0.15, -0.1) is 0 Å². The highest BCUT2D eigenvalue weighted by atomic mass is 79.9. The topological polar surface area (TPSA) is 38.0 Å². The molecule has 2 aromatic rings. The molecule has 0 saturated heterocycles. The predicted molar refractivity (Wildman–Crippen MR) is 71.4 cm³/mol. The van der Waals surface area contributed by atoms with Gasteiger partial charge in [-0.2, -0.15) is 5.10 Å².